The first kappa shape index (κ1) is 16.2. The largest absolute Gasteiger partial charge is 0.377 e. The minimum absolute atomic E-state index is 0.203. The Hall–Kier alpha value is -0.860. The minimum atomic E-state index is 0.203. The molecule has 0 aliphatic rings. The molecular formula is C17H29NO. The highest BCUT2D eigenvalue weighted by Crippen LogP contribution is 2.19. The summed E-state index contributed by atoms with van der Waals surface area (Å²) in [4.78, 5) is 0. The highest BCUT2D eigenvalue weighted by Gasteiger charge is 2.18. The molecule has 2 atom stereocenters. The van der Waals surface area contributed by atoms with Gasteiger partial charge in [-0.1, -0.05) is 51.1 Å². The maximum atomic E-state index is 6.00. The number of benzene rings is 1. The van der Waals surface area contributed by atoms with E-state index in [2.05, 4.69) is 63.3 Å². The molecule has 0 aromatic heterocycles. The number of rotatable bonds is 9. The van der Waals surface area contributed by atoms with Crippen LogP contribution in [0.5, 0.6) is 0 Å². The van der Waals surface area contributed by atoms with Crippen LogP contribution in [-0.2, 0) is 4.74 Å². The van der Waals surface area contributed by atoms with E-state index in [1.54, 1.807) is 0 Å². The summed E-state index contributed by atoms with van der Waals surface area (Å²) < 4.78 is 6.00. The number of hydrogen-bond acceptors (Lipinski definition) is 2. The highest BCUT2D eigenvalue weighted by atomic mass is 16.5. The quantitative estimate of drug-likeness (QED) is 0.675. The fourth-order valence-corrected chi connectivity index (χ4v) is 2.29. The van der Waals surface area contributed by atoms with Gasteiger partial charge in [-0.2, -0.15) is 0 Å². The van der Waals surface area contributed by atoms with Gasteiger partial charge in [-0.05, 0) is 37.8 Å². The average Bonchev–Trinajstić information content (AvgIpc) is 2.41. The summed E-state index contributed by atoms with van der Waals surface area (Å²) in [6, 6.07) is 10.9. The zero-order valence-corrected chi connectivity index (χ0v) is 12.9. The van der Waals surface area contributed by atoms with Crippen molar-refractivity contribution in [3.8, 4) is 0 Å². The predicted octanol–water partition coefficient (Wildman–Crippen LogP) is 4.18. The fraction of sp³-hybridized carbons (Fsp3) is 0.647. The summed E-state index contributed by atoms with van der Waals surface area (Å²) in [5, 5.41) is 3.52. The van der Waals surface area contributed by atoms with E-state index in [0.717, 1.165) is 25.5 Å². The van der Waals surface area contributed by atoms with Crippen molar-refractivity contribution >= 4 is 0 Å². The molecule has 108 valence electrons. The monoisotopic (exact) mass is 263 g/mol. The lowest BCUT2D eigenvalue weighted by Gasteiger charge is -2.25. The van der Waals surface area contributed by atoms with Gasteiger partial charge in [0.15, 0.2) is 0 Å². The molecule has 0 aliphatic carbocycles. The fourth-order valence-electron chi connectivity index (χ4n) is 2.29. The molecule has 19 heavy (non-hydrogen) atoms. The molecule has 1 rings (SSSR count). The second kappa shape index (κ2) is 9.11. The standard InChI is InChI=1S/C17H29NO/c1-5-18-17(16-11-7-6-8-12-16)15(4)19-13-9-10-14(2)3/h6-8,11-12,14-15,17-18H,5,9-10,13H2,1-4H3. The second-order valence-corrected chi connectivity index (χ2v) is 5.56. The van der Waals surface area contributed by atoms with Gasteiger partial charge in [-0.15, -0.1) is 0 Å². The van der Waals surface area contributed by atoms with Gasteiger partial charge < -0.3 is 10.1 Å². The zero-order valence-electron chi connectivity index (χ0n) is 12.9. The van der Waals surface area contributed by atoms with Crippen molar-refractivity contribution in [1.82, 2.24) is 5.32 Å². The van der Waals surface area contributed by atoms with Crippen molar-refractivity contribution < 1.29 is 4.74 Å². The topological polar surface area (TPSA) is 21.3 Å². The molecule has 0 amide bonds. The molecule has 0 bridgehead atoms. The Labute approximate surface area is 118 Å². The van der Waals surface area contributed by atoms with Gasteiger partial charge in [0.2, 0.25) is 0 Å². The molecule has 0 heterocycles. The predicted molar refractivity (Wildman–Crippen MR) is 82.3 cm³/mol. The third-order valence-electron chi connectivity index (χ3n) is 3.36. The number of nitrogens with one attached hydrogen (secondary N) is 1. The summed E-state index contributed by atoms with van der Waals surface area (Å²) in [7, 11) is 0. The maximum absolute atomic E-state index is 6.00. The summed E-state index contributed by atoms with van der Waals surface area (Å²) in [6.07, 6.45) is 2.59. The summed E-state index contributed by atoms with van der Waals surface area (Å²) >= 11 is 0. The van der Waals surface area contributed by atoms with Gasteiger partial charge in [-0.25, -0.2) is 0 Å². The van der Waals surface area contributed by atoms with Crippen molar-refractivity contribution in [2.45, 2.75) is 52.7 Å². The normalized spacial score (nSPS) is 14.6. The van der Waals surface area contributed by atoms with Gasteiger partial charge >= 0.3 is 0 Å². The van der Waals surface area contributed by atoms with E-state index in [1.165, 1.54) is 12.0 Å². The number of hydrogen-bond donors (Lipinski definition) is 1. The van der Waals surface area contributed by atoms with Crippen molar-refractivity contribution in [2.24, 2.45) is 5.92 Å². The molecule has 1 N–H and O–H groups in total. The summed E-state index contributed by atoms with van der Waals surface area (Å²) in [5.41, 5.74) is 1.31. The van der Waals surface area contributed by atoms with E-state index in [-0.39, 0.29) is 12.1 Å². The van der Waals surface area contributed by atoms with Crippen molar-refractivity contribution in [3.63, 3.8) is 0 Å². The van der Waals surface area contributed by atoms with Crippen LogP contribution in [0.4, 0.5) is 0 Å². The molecule has 1 aromatic carbocycles. The van der Waals surface area contributed by atoms with E-state index in [1.807, 2.05) is 0 Å². The average molecular weight is 263 g/mol. The van der Waals surface area contributed by atoms with E-state index in [0.29, 0.717) is 0 Å². The Morgan fingerprint density at radius 1 is 1.11 bits per heavy atom. The molecule has 2 unspecified atom stereocenters. The lowest BCUT2D eigenvalue weighted by atomic mass is 10.0. The molecule has 0 fully saturated rings. The molecule has 2 heteroatoms. The van der Waals surface area contributed by atoms with Gasteiger partial charge in [0, 0.05) is 6.61 Å². The maximum Gasteiger partial charge on any atom is 0.0741 e. The van der Waals surface area contributed by atoms with Gasteiger partial charge in [-0.3, -0.25) is 0 Å². The Bertz CT molecular complexity index is 323. The van der Waals surface area contributed by atoms with Crippen LogP contribution < -0.4 is 5.32 Å². The first-order chi connectivity index (χ1) is 9.15. The highest BCUT2D eigenvalue weighted by molar-refractivity contribution is 5.19. The van der Waals surface area contributed by atoms with Crippen LogP contribution in [0.1, 0.15) is 52.1 Å². The van der Waals surface area contributed by atoms with E-state index in [4.69, 9.17) is 4.74 Å². The minimum Gasteiger partial charge on any atom is -0.377 e. The van der Waals surface area contributed by atoms with E-state index in [9.17, 15) is 0 Å². The zero-order chi connectivity index (χ0) is 14.1. The van der Waals surface area contributed by atoms with Crippen LogP contribution >= 0.6 is 0 Å². The molecule has 0 saturated heterocycles. The van der Waals surface area contributed by atoms with Crippen LogP contribution in [0.15, 0.2) is 30.3 Å². The number of ether oxygens (including phenoxy) is 1. The SMILES string of the molecule is CCNC(c1ccccc1)C(C)OCCCC(C)C. The van der Waals surface area contributed by atoms with Gasteiger partial charge in [0.1, 0.15) is 0 Å². The van der Waals surface area contributed by atoms with Crippen molar-refractivity contribution in [1.29, 1.82) is 0 Å². The van der Waals surface area contributed by atoms with Crippen molar-refractivity contribution in [2.75, 3.05) is 13.2 Å². The molecule has 0 radical (unpaired) electrons. The van der Waals surface area contributed by atoms with E-state index < -0.39 is 0 Å². The molecule has 0 aliphatic heterocycles. The van der Waals surface area contributed by atoms with Crippen molar-refractivity contribution in [3.05, 3.63) is 35.9 Å². The third-order valence-corrected chi connectivity index (χ3v) is 3.36. The smallest absolute Gasteiger partial charge is 0.0741 e. The summed E-state index contributed by atoms with van der Waals surface area (Å²) in [6.45, 7) is 10.6. The van der Waals surface area contributed by atoms with E-state index >= 15 is 0 Å². The Kier molecular flexibility index (Phi) is 7.76. The van der Waals surface area contributed by atoms with Crippen LogP contribution in [0.25, 0.3) is 0 Å². The first-order valence-corrected chi connectivity index (χ1v) is 7.55. The van der Waals surface area contributed by atoms with Crippen LogP contribution in [0.3, 0.4) is 0 Å². The lowest BCUT2D eigenvalue weighted by Crippen LogP contribution is -2.32. The molecule has 2 nitrogen and oxygen atoms in total. The van der Waals surface area contributed by atoms with Crippen LogP contribution in [0, 0.1) is 5.92 Å². The van der Waals surface area contributed by atoms with Crippen LogP contribution in [-0.4, -0.2) is 19.3 Å². The number of likely N-dealkylation sites (N-methyl/N-ethyl adjacent to an activating group) is 1. The molecule has 1 aromatic rings. The Morgan fingerprint density at radius 2 is 1.79 bits per heavy atom. The molecular weight excluding hydrogens is 234 g/mol. The van der Waals surface area contributed by atoms with Gasteiger partial charge in [0.25, 0.3) is 0 Å². The van der Waals surface area contributed by atoms with Crippen LogP contribution in [0.2, 0.25) is 0 Å². The molecule has 0 saturated carbocycles. The Morgan fingerprint density at radius 3 is 2.37 bits per heavy atom. The Balaban J connectivity index is 2.47. The first-order valence-electron chi connectivity index (χ1n) is 7.55. The second-order valence-electron chi connectivity index (χ2n) is 5.56. The van der Waals surface area contributed by atoms with Gasteiger partial charge in [0.05, 0.1) is 12.1 Å². The lowest BCUT2D eigenvalue weighted by molar-refractivity contribution is 0.0355. The third kappa shape index (κ3) is 6.22. The molecule has 0 spiro atoms. The summed E-state index contributed by atoms with van der Waals surface area (Å²) in [5.74, 6) is 0.762.